The summed E-state index contributed by atoms with van der Waals surface area (Å²) in [6.07, 6.45) is 5.11. The van der Waals surface area contributed by atoms with E-state index in [0.29, 0.717) is 13.1 Å². The summed E-state index contributed by atoms with van der Waals surface area (Å²) in [4.78, 5) is 25.0. The smallest absolute Gasteiger partial charge is 0.245 e. The van der Waals surface area contributed by atoms with Crippen LogP contribution in [0.4, 0.5) is 0 Å². The fourth-order valence-electron chi connectivity index (χ4n) is 1.93. The summed E-state index contributed by atoms with van der Waals surface area (Å²) in [6, 6.07) is 0. The van der Waals surface area contributed by atoms with Crippen molar-refractivity contribution in [1.82, 2.24) is 4.90 Å². The van der Waals surface area contributed by atoms with Crippen LogP contribution < -0.4 is 0 Å². The minimum absolute atomic E-state index is 0.0502. The van der Waals surface area contributed by atoms with Crippen molar-refractivity contribution in [2.24, 2.45) is 5.41 Å². The largest absolute Gasteiger partial charge is 0.339 e. The highest BCUT2D eigenvalue weighted by Crippen LogP contribution is 2.29. The van der Waals surface area contributed by atoms with E-state index in [1.807, 2.05) is 20.8 Å². The molecular formula is C15H25NO2. The fraction of sp³-hybridized carbons (Fsp3) is 0.600. The van der Waals surface area contributed by atoms with Crippen LogP contribution in [0, 0.1) is 5.41 Å². The van der Waals surface area contributed by atoms with Crippen molar-refractivity contribution < 1.29 is 9.59 Å². The van der Waals surface area contributed by atoms with Crippen LogP contribution in [-0.2, 0) is 9.59 Å². The molecule has 0 rings (SSSR count). The number of carbonyl (C=O) groups excluding carboxylic acids is 2. The zero-order valence-electron chi connectivity index (χ0n) is 11.9. The van der Waals surface area contributed by atoms with E-state index in [4.69, 9.17) is 0 Å². The Morgan fingerprint density at radius 2 is 1.83 bits per heavy atom. The van der Waals surface area contributed by atoms with Gasteiger partial charge in [0.05, 0.1) is 0 Å². The molecule has 0 saturated carbocycles. The molecule has 0 heterocycles. The molecule has 18 heavy (non-hydrogen) atoms. The number of ketones is 1. The maximum absolute atomic E-state index is 11.8. The van der Waals surface area contributed by atoms with Gasteiger partial charge in [0.1, 0.15) is 0 Å². The average Bonchev–Trinajstić information content (AvgIpc) is 2.41. The predicted molar refractivity (Wildman–Crippen MR) is 75.3 cm³/mol. The molecule has 3 heteroatoms. The number of allylic oxidation sites excluding steroid dienone is 1. The van der Waals surface area contributed by atoms with Gasteiger partial charge >= 0.3 is 0 Å². The van der Waals surface area contributed by atoms with E-state index in [0.717, 1.165) is 19.3 Å². The molecule has 0 spiro atoms. The Morgan fingerprint density at radius 3 is 2.22 bits per heavy atom. The molecule has 0 aromatic heterocycles. The molecular weight excluding hydrogens is 226 g/mol. The van der Waals surface area contributed by atoms with Crippen molar-refractivity contribution in [2.75, 3.05) is 13.1 Å². The molecule has 1 unspecified atom stereocenters. The summed E-state index contributed by atoms with van der Waals surface area (Å²) in [7, 11) is 0. The van der Waals surface area contributed by atoms with Gasteiger partial charge in [-0.1, -0.05) is 27.0 Å². The summed E-state index contributed by atoms with van der Waals surface area (Å²) in [5.74, 6) is 0.0360. The van der Waals surface area contributed by atoms with Crippen molar-refractivity contribution in [3.8, 4) is 0 Å². The molecule has 0 aromatic rings. The zero-order valence-corrected chi connectivity index (χ0v) is 11.9. The minimum Gasteiger partial charge on any atom is -0.339 e. The third-order valence-corrected chi connectivity index (χ3v) is 3.59. The summed E-state index contributed by atoms with van der Waals surface area (Å²) in [5.41, 5.74) is -0.349. The van der Waals surface area contributed by atoms with E-state index in [9.17, 15) is 9.59 Å². The lowest BCUT2D eigenvalue weighted by molar-refractivity contribution is -0.126. The van der Waals surface area contributed by atoms with E-state index in [2.05, 4.69) is 13.2 Å². The highest BCUT2D eigenvalue weighted by molar-refractivity contribution is 5.94. The summed E-state index contributed by atoms with van der Waals surface area (Å²) < 4.78 is 0. The number of likely N-dealkylation sites (N-methyl/N-ethyl adjacent to an activating group) is 1. The van der Waals surface area contributed by atoms with Crippen LogP contribution in [0.5, 0.6) is 0 Å². The molecule has 0 aromatic carbocycles. The summed E-state index contributed by atoms with van der Waals surface area (Å²) >= 11 is 0. The standard InChI is InChI=1S/C15H25NO2/c1-6-13(17)15(5,8-3)11-10-12-16(9-4)14(18)7-2/h6-7H,1-2,8-12H2,3-5H3. The van der Waals surface area contributed by atoms with Crippen molar-refractivity contribution in [1.29, 1.82) is 0 Å². The number of nitrogens with zero attached hydrogens (tertiary/aromatic N) is 1. The van der Waals surface area contributed by atoms with Gasteiger partial charge in [0.2, 0.25) is 5.91 Å². The highest BCUT2D eigenvalue weighted by atomic mass is 16.2. The second kappa shape index (κ2) is 7.85. The lowest BCUT2D eigenvalue weighted by atomic mass is 9.78. The van der Waals surface area contributed by atoms with E-state index in [-0.39, 0.29) is 17.1 Å². The first kappa shape index (κ1) is 16.6. The monoisotopic (exact) mass is 251 g/mol. The summed E-state index contributed by atoms with van der Waals surface area (Å²) in [6.45, 7) is 14.3. The lowest BCUT2D eigenvalue weighted by Gasteiger charge is -2.27. The molecule has 1 atom stereocenters. The van der Waals surface area contributed by atoms with Crippen LogP contribution in [-0.4, -0.2) is 29.7 Å². The van der Waals surface area contributed by atoms with Gasteiger partial charge < -0.3 is 4.90 Å². The Labute approximate surface area is 111 Å². The molecule has 1 amide bonds. The highest BCUT2D eigenvalue weighted by Gasteiger charge is 2.28. The van der Waals surface area contributed by atoms with E-state index >= 15 is 0 Å². The second-order valence-electron chi connectivity index (χ2n) is 4.71. The molecule has 0 aliphatic heterocycles. The second-order valence-corrected chi connectivity index (χ2v) is 4.71. The summed E-state index contributed by atoms with van der Waals surface area (Å²) in [5, 5.41) is 0. The van der Waals surface area contributed by atoms with E-state index in [1.54, 1.807) is 4.90 Å². The van der Waals surface area contributed by atoms with Crippen LogP contribution >= 0.6 is 0 Å². The van der Waals surface area contributed by atoms with Crippen molar-refractivity contribution in [3.05, 3.63) is 25.3 Å². The van der Waals surface area contributed by atoms with Gasteiger partial charge in [0.15, 0.2) is 5.78 Å². The van der Waals surface area contributed by atoms with Gasteiger partial charge in [-0.05, 0) is 38.3 Å². The van der Waals surface area contributed by atoms with Crippen LogP contribution in [0.15, 0.2) is 25.3 Å². The Hall–Kier alpha value is -1.38. The van der Waals surface area contributed by atoms with Crippen molar-refractivity contribution in [2.45, 2.75) is 40.0 Å². The minimum atomic E-state index is -0.349. The molecule has 0 N–H and O–H groups in total. The van der Waals surface area contributed by atoms with Gasteiger partial charge in [0.25, 0.3) is 0 Å². The Morgan fingerprint density at radius 1 is 1.22 bits per heavy atom. The quantitative estimate of drug-likeness (QED) is 0.591. The van der Waals surface area contributed by atoms with Gasteiger partial charge in [-0.15, -0.1) is 0 Å². The van der Waals surface area contributed by atoms with Crippen LogP contribution in [0.3, 0.4) is 0 Å². The van der Waals surface area contributed by atoms with Gasteiger partial charge in [-0.2, -0.15) is 0 Å². The number of carbonyl (C=O) groups is 2. The van der Waals surface area contributed by atoms with Gasteiger partial charge in [0, 0.05) is 18.5 Å². The Balaban J connectivity index is 4.38. The molecule has 0 aliphatic carbocycles. The van der Waals surface area contributed by atoms with Crippen LogP contribution in [0.1, 0.15) is 40.0 Å². The maximum Gasteiger partial charge on any atom is 0.245 e. The molecule has 102 valence electrons. The molecule has 0 fully saturated rings. The van der Waals surface area contributed by atoms with E-state index < -0.39 is 0 Å². The van der Waals surface area contributed by atoms with Gasteiger partial charge in [-0.25, -0.2) is 0 Å². The molecule has 0 radical (unpaired) electrons. The van der Waals surface area contributed by atoms with Gasteiger partial charge in [-0.3, -0.25) is 9.59 Å². The Kier molecular flexibility index (Phi) is 7.25. The topological polar surface area (TPSA) is 37.4 Å². The first-order chi connectivity index (χ1) is 8.45. The SMILES string of the molecule is C=CC(=O)N(CC)CCCC(C)(CC)C(=O)C=C. The number of amides is 1. The number of rotatable bonds is 9. The normalized spacial score (nSPS) is 13.5. The van der Waals surface area contributed by atoms with Crippen LogP contribution in [0.2, 0.25) is 0 Å². The molecule has 0 saturated heterocycles. The average molecular weight is 251 g/mol. The number of hydrogen-bond acceptors (Lipinski definition) is 2. The van der Waals surface area contributed by atoms with Crippen LogP contribution in [0.25, 0.3) is 0 Å². The first-order valence-corrected chi connectivity index (χ1v) is 6.53. The molecule has 0 bridgehead atoms. The Bertz CT molecular complexity index is 322. The molecule has 0 aliphatic rings. The van der Waals surface area contributed by atoms with Crippen molar-refractivity contribution in [3.63, 3.8) is 0 Å². The van der Waals surface area contributed by atoms with E-state index in [1.165, 1.54) is 12.2 Å². The predicted octanol–water partition coefficient (Wildman–Crippen LogP) is 2.97. The maximum atomic E-state index is 11.8. The zero-order chi connectivity index (χ0) is 14.2. The third-order valence-electron chi connectivity index (χ3n) is 3.59. The first-order valence-electron chi connectivity index (χ1n) is 6.53. The fourth-order valence-corrected chi connectivity index (χ4v) is 1.93. The molecule has 3 nitrogen and oxygen atoms in total. The van der Waals surface area contributed by atoms with Crippen molar-refractivity contribution >= 4 is 11.7 Å². The third kappa shape index (κ3) is 4.47. The lowest BCUT2D eigenvalue weighted by Crippen LogP contribution is -2.32. The number of hydrogen-bond donors (Lipinski definition) is 0.